The number of carbonyl (C=O) groups is 2. The van der Waals surface area contributed by atoms with Crippen molar-refractivity contribution in [3.8, 4) is 17.2 Å². The highest BCUT2D eigenvalue weighted by Gasteiger charge is 2.10. The van der Waals surface area contributed by atoms with Gasteiger partial charge < -0.3 is 19.3 Å². The summed E-state index contributed by atoms with van der Waals surface area (Å²) in [4.78, 5) is 23.6. The van der Waals surface area contributed by atoms with E-state index in [4.69, 9.17) is 19.3 Å². The van der Waals surface area contributed by atoms with E-state index in [2.05, 4.69) is 0 Å². The summed E-state index contributed by atoms with van der Waals surface area (Å²) in [5.41, 5.74) is 3.10. The first-order valence-electron chi connectivity index (χ1n) is 10.5. The highest BCUT2D eigenvalue weighted by atomic mass is 32.2. The van der Waals surface area contributed by atoms with Crippen LogP contribution < -0.4 is 14.2 Å². The molecule has 0 aliphatic carbocycles. The molecule has 3 rings (SSSR count). The lowest BCUT2D eigenvalue weighted by atomic mass is 10.1. The topological polar surface area (TPSA) is 82.1 Å². The number of carboxylic acid groups (broad SMARTS) is 1. The zero-order valence-corrected chi connectivity index (χ0v) is 19.8. The lowest BCUT2D eigenvalue weighted by Crippen LogP contribution is -2.01. The molecule has 3 aromatic carbocycles. The number of aliphatic carboxylic acids is 1. The molecule has 1 N–H and O–H groups in total. The van der Waals surface area contributed by atoms with Gasteiger partial charge in [0.2, 0.25) is 0 Å². The Kier molecular flexibility index (Phi) is 9.17. The third kappa shape index (κ3) is 7.15. The third-order valence-electron chi connectivity index (χ3n) is 4.90. The van der Waals surface area contributed by atoms with Crippen molar-refractivity contribution in [2.75, 3.05) is 20.0 Å². The van der Waals surface area contributed by atoms with Crippen molar-refractivity contribution in [2.45, 2.75) is 12.4 Å². The van der Waals surface area contributed by atoms with Gasteiger partial charge in [-0.25, -0.2) is 0 Å². The predicted molar refractivity (Wildman–Crippen MR) is 134 cm³/mol. The van der Waals surface area contributed by atoms with Crippen LogP contribution in [0.1, 0.15) is 27.0 Å². The number of allylic oxidation sites excluding steroid dienone is 1. The smallest absolute Gasteiger partial charge is 0.313 e. The maximum Gasteiger partial charge on any atom is 0.313 e. The maximum absolute atomic E-state index is 12.8. The molecule has 0 aliphatic heterocycles. The Morgan fingerprint density at radius 2 is 1.65 bits per heavy atom. The Morgan fingerprint density at radius 1 is 0.912 bits per heavy atom. The molecule has 0 aromatic heterocycles. The summed E-state index contributed by atoms with van der Waals surface area (Å²) in [5, 5.41) is 8.85. The largest absolute Gasteiger partial charge is 0.496 e. The SMILES string of the molecule is COc1ccc(C(=O)C=Cc2ccc(OC)c(OCc3ccccc3)c2)cc1CSCC(=O)O. The van der Waals surface area contributed by atoms with Crippen LogP contribution >= 0.6 is 11.8 Å². The molecule has 0 spiro atoms. The predicted octanol–water partition coefficient (Wildman–Crippen LogP) is 5.50. The maximum atomic E-state index is 12.8. The van der Waals surface area contributed by atoms with E-state index in [1.807, 2.05) is 42.5 Å². The Hall–Kier alpha value is -3.71. The van der Waals surface area contributed by atoms with Crippen LogP contribution in [-0.2, 0) is 17.2 Å². The second-order valence-electron chi connectivity index (χ2n) is 7.30. The molecular weight excluding hydrogens is 452 g/mol. The van der Waals surface area contributed by atoms with Crippen molar-refractivity contribution < 1.29 is 28.9 Å². The van der Waals surface area contributed by atoms with Crippen LogP contribution in [-0.4, -0.2) is 36.8 Å². The number of ether oxygens (including phenoxy) is 3. The van der Waals surface area contributed by atoms with Gasteiger partial charge in [0.15, 0.2) is 17.3 Å². The Bertz CT molecular complexity index is 1160. The lowest BCUT2D eigenvalue weighted by Gasteiger charge is -2.11. The summed E-state index contributed by atoms with van der Waals surface area (Å²) in [6.07, 6.45) is 3.22. The zero-order chi connectivity index (χ0) is 24.3. The number of benzene rings is 3. The summed E-state index contributed by atoms with van der Waals surface area (Å²) in [5.74, 6) is 1.17. The molecule has 0 saturated heterocycles. The monoisotopic (exact) mass is 478 g/mol. The summed E-state index contributed by atoms with van der Waals surface area (Å²) < 4.78 is 16.7. The van der Waals surface area contributed by atoms with E-state index < -0.39 is 5.97 Å². The van der Waals surface area contributed by atoms with Crippen LogP contribution in [0.4, 0.5) is 0 Å². The number of carbonyl (C=O) groups excluding carboxylic acids is 1. The molecule has 0 aliphatic rings. The average Bonchev–Trinajstić information content (AvgIpc) is 2.86. The summed E-state index contributed by atoms with van der Waals surface area (Å²) >= 11 is 1.25. The first-order valence-corrected chi connectivity index (χ1v) is 11.7. The van der Waals surface area contributed by atoms with E-state index in [0.29, 0.717) is 35.2 Å². The molecule has 0 bridgehead atoms. The number of hydrogen-bond acceptors (Lipinski definition) is 6. The Balaban J connectivity index is 1.72. The number of hydrogen-bond donors (Lipinski definition) is 1. The highest BCUT2D eigenvalue weighted by molar-refractivity contribution is 7.99. The third-order valence-corrected chi connectivity index (χ3v) is 5.87. The average molecular weight is 479 g/mol. The van der Waals surface area contributed by atoms with E-state index in [0.717, 1.165) is 16.7 Å². The van der Waals surface area contributed by atoms with Gasteiger partial charge in [0.1, 0.15) is 12.4 Å². The number of ketones is 1. The summed E-state index contributed by atoms with van der Waals surface area (Å²) in [6, 6.07) is 20.5. The van der Waals surface area contributed by atoms with Gasteiger partial charge in [-0.05, 0) is 47.5 Å². The summed E-state index contributed by atoms with van der Waals surface area (Å²) in [7, 11) is 3.13. The molecule has 0 heterocycles. The van der Waals surface area contributed by atoms with E-state index >= 15 is 0 Å². The van der Waals surface area contributed by atoms with Crippen LogP contribution in [0.5, 0.6) is 17.2 Å². The van der Waals surface area contributed by atoms with Crippen LogP contribution in [0.3, 0.4) is 0 Å². The molecule has 0 amide bonds. The van der Waals surface area contributed by atoms with Gasteiger partial charge in [-0.1, -0.05) is 42.5 Å². The second-order valence-corrected chi connectivity index (χ2v) is 8.28. The molecule has 3 aromatic rings. The molecule has 0 saturated carbocycles. The van der Waals surface area contributed by atoms with Crippen molar-refractivity contribution in [1.29, 1.82) is 0 Å². The first-order chi connectivity index (χ1) is 16.5. The van der Waals surface area contributed by atoms with Gasteiger partial charge in [0, 0.05) is 16.9 Å². The van der Waals surface area contributed by atoms with E-state index in [9.17, 15) is 9.59 Å². The fourth-order valence-corrected chi connectivity index (χ4v) is 3.93. The number of methoxy groups -OCH3 is 2. The van der Waals surface area contributed by atoms with Crippen molar-refractivity contribution in [3.05, 3.63) is 95.1 Å². The molecule has 6 nitrogen and oxygen atoms in total. The summed E-state index contributed by atoms with van der Waals surface area (Å²) in [6.45, 7) is 0.401. The quantitative estimate of drug-likeness (QED) is 0.272. The molecule has 176 valence electrons. The Labute approximate surface area is 203 Å². The normalized spacial score (nSPS) is 10.8. The van der Waals surface area contributed by atoms with Gasteiger partial charge in [-0.3, -0.25) is 9.59 Å². The number of carboxylic acids is 1. The van der Waals surface area contributed by atoms with Crippen molar-refractivity contribution in [2.24, 2.45) is 0 Å². The minimum absolute atomic E-state index is 0.0205. The van der Waals surface area contributed by atoms with E-state index in [1.54, 1.807) is 44.6 Å². The minimum Gasteiger partial charge on any atom is -0.496 e. The van der Waals surface area contributed by atoms with Gasteiger partial charge >= 0.3 is 5.97 Å². The van der Waals surface area contributed by atoms with Gasteiger partial charge in [0.25, 0.3) is 0 Å². The fourth-order valence-electron chi connectivity index (χ4n) is 3.21. The molecule has 0 atom stereocenters. The van der Waals surface area contributed by atoms with Gasteiger partial charge in [-0.2, -0.15) is 0 Å². The first kappa shape index (κ1) is 24.9. The van der Waals surface area contributed by atoms with Crippen molar-refractivity contribution in [3.63, 3.8) is 0 Å². The minimum atomic E-state index is -0.884. The van der Waals surface area contributed by atoms with Crippen LogP contribution in [0, 0.1) is 0 Å². The van der Waals surface area contributed by atoms with Gasteiger partial charge in [0.05, 0.1) is 20.0 Å². The number of thioether (sulfide) groups is 1. The molecular formula is C27H26O6S. The van der Waals surface area contributed by atoms with Crippen molar-refractivity contribution >= 4 is 29.6 Å². The number of rotatable bonds is 12. The fraction of sp³-hybridized carbons (Fsp3) is 0.185. The van der Waals surface area contributed by atoms with Crippen LogP contribution in [0.2, 0.25) is 0 Å². The molecule has 0 unspecified atom stereocenters. The molecule has 34 heavy (non-hydrogen) atoms. The van der Waals surface area contributed by atoms with Crippen LogP contribution in [0.25, 0.3) is 6.08 Å². The zero-order valence-electron chi connectivity index (χ0n) is 19.0. The highest BCUT2D eigenvalue weighted by Crippen LogP contribution is 2.30. The van der Waals surface area contributed by atoms with E-state index in [-0.39, 0.29) is 11.5 Å². The van der Waals surface area contributed by atoms with Crippen LogP contribution in [0.15, 0.2) is 72.8 Å². The standard InChI is InChI=1S/C27H26O6S/c1-31-24-13-10-21(15-22(24)17-34-18-27(29)30)23(28)11-8-19-9-12-25(32-2)26(14-19)33-16-20-6-4-3-5-7-20/h3-15H,16-18H2,1-2H3,(H,29,30). The molecule has 0 fully saturated rings. The van der Waals surface area contributed by atoms with E-state index in [1.165, 1.54) is 17.8 Å². The lowest BCUT2D eigenvalue weighted by molar-refractivity contribution is -0.133. The van der Waals surface area contributed by atoms with Gasteiger partial charge in [-0.15, -0.1) is 11.8 Å². The molecule has 7 heteroatoms. The Morgan fingerprint density at radius 3 is 2.35 bits per heavy atom. The van der Waals surface area contributed by atoms with Crippen molar-refractivity contribution in [1.82, 2.24) is 0 Å². The molecule has 0 radical (unpaired) electrons. The second kappa shape index (κ2) is 12.5.